The van der Waals surface area contributed by atoms with Crippen LogP contribution < -0.4 is 10.6 Å². The molecule has 1 aromatic rings. The molecule has 0 bridgehead atoms. The monoisotopic (exact) mass is 222 g/mol. The van der Waals surface area contributed by atoms with Gasteiger partial charge < -0.3 is 15.7 Å². The third kappa shape index (κ3) is 2.97. The predicted molar refractivity (Wildman–Crippen MR) is 64.7 cm³/mol. The van der Waals surface area contributed by atoms with Crippen LogP contribution in [0, 0.1) is 6.92 Å². The van der Waals surface area contributed by atoms with Gasteiger partial charge in [0.05, 0.1) is 0 Å². The molecule has 0 amide bonds. The van der Waals surface area contributed by atoms with Gasteiger partial charge in [0.25, 0.3) is 0 Å². The van der Waals surface area contributed by atoms with Gasteiger partial charge in [-0.15, -0.1) is 0 Å². The van der Waals surface area contributed by atoms with Crippen molar-refractivity contribution in [2.45, 2.75) is 19.9 Å². The van der Waals surface area contributed by atoms with Crippen molar-refractivity contribution in [3.05, 3.63) is 29.8 Å². The summed E-state index contributed by atoms with van der Waals surface area (Å²) in [6.45, 7) is 5.06. The number of para-hydroxylation sites is 1. The Labute approximate surface area is 95.7 Å². The summed E-state index contributed by atoms with van der Waals surface area (Å²) in [7, 11) is 0. The van der Waals surface area contributed by atoms with E-state index < -0.39 is 12.0 Å². The lowest BCUT2D eigenvalue weighted by Crippen LogP contribution is -2.43. The fourth-order valence-corrected chi connectivity index (χ4v) is 1.63. The molecule has 4 nitrogen and oxygen atoms in total. The summed E-state index contributed by atoms with van der Waals surface area (Å²) < 4.78 is 0. The lowest BCUT2D eigenvalue weighted by atomic mass is 10.1. The fourth-order valence-electron chi connectivity index (χ4n) is 1.63. The van der Waals surface area contributed by atoms with Crippen molar-refractivity contribution in [3.63, 3.8) is 0 Å². The number of nitrogens with two attached hydrogens (primary N) is 1. The molecule has 0 saturated heterocycles. The minimum absolute atomic E-state index is 0.330. The number of rotatable bonds is 5. The number of carbonyl (C=O) groups is 1. The zero-order valence-electron chi connectivity index (χ0n) is 9.68. The fraction of sp³-hybridized carbons (Fsp3) is 0.417. The summed E-state index contributed by atoms with van der Waals surface area (Å²) in [6.07, 6.45) is 0. The van der Waals surface area contributed by atoms with E-state index in [1.165, 1.54) is 0 Å². The molecule has 4 heteroatoms. The van der Waals surface area contributed by atoms with Crippen LogP contribution in [-0.2, 0) is 4.79 Å². The van der Waals surface area contributed by atoms with E-state index in [0.29, 0.717) is 6.54 Å². The van der Waals surface area contributed by atoms with Crippen LogP contribution in [0.1, 0.15) is 12.5 Å². The highest BCUT2D eigenvalue weighted by Crippen LogP contribution is 2.18. The first kappa shape index (κ1) is 12.5. The Balaban J connectivity index is 2.83. The van der Waals surface area contributed by atoms with Crippen LogP contribution in [-0.4, -0.2) is 30.2 Å². The topological polar surface area (TPSA) is 66.6 Å². The summed E-state index contributed by atoms with van der Waals surface area (Å²) in [5.74, 6) is -0.966. The number of carboxylic acid groups (broad SMARTS) is 1. The lowest BCUT2D eigenvalue weighted by molar-refractivity contribution is -0.138. The summed E-state index contributed by atoms with van der Waals surface area (Å²) in [6, 6.07) is 7.04. The highest BCUT2D eigenvalue weighted by Gasteiger charge is 2.16. The molecule has 0 saturated carbocycles. The maximum absolute atomic E-state index is 10.7. The molecular weight excluding hydrogens is 204 g/mol. The standard InChI is InChI=1S/C12H18N2O2/c1-3-14(8-10(13)12(15)16)11-7-5-4-6-9(11)2/h4-7,10H,3,8,13H2,1-2H3,(H,15,16). The Morgan fingerprint density at radius 2 is 2.12 bits per heavy atom. The highest BCUT2D eigenvalue weighted by molar-refractivity contribution is 5.74. The van der Waals surface area contributed by atoms with Crippen LogP contribution in [0.5, 0.6) is 0 Å². The van der Waals surface area contributed by atoms with Crippen LogP contribution in [0.4, 0.5) is 5.69 Å². The maximum atomic E-state index is 10.7. The van der Waals surface area contributed by atoms with Crippen LogP contribution >= 0.6 is 0 Å². The highest BCUT2D eigenvalue weighted by atomic mass is 16.4. The van der Waals surface area contributed by atoms with Crippen molar-refractivity contribution >= 4 is 11.7 Å². The molecule has 0 aliphatic rings. The van der Waals surface area contributed by atoms with Crippen molar-refractivity contribution in [3.8, 4) is 0 Å². The van der Waals surface area contributed by atoms with Gasteiger partial charge in [0.15, 0.2) is 0 Å². The molecule has 1 rings (SSSR count). The Bertz CT molecular complexity index is 366. The number of aryl methyl sites for hydroxylation is 1. The first-order chi connectivity index (χ1) is 7.56. The van der Waals surface area contributed by atoms with Crippen LogP contribution in [0.3, 0.4) is 0 Å². The average molecular weight is 222 g/mol. The van der Waals surface area contributed by atoms with Gasteiger partial charge >= 0.3 is 5.97 Å². The molecule has 0 radical (unpaired) electrons. The smallest absolute Gasteiger partial charge is 0.322 e. The Morgan fingerprint density at radius 3 is 2.62 bits per heavy atom. The zero-order valence-corrected chi connectivity index (χ0v) is 9.68. The molecule has 0 spiro atoms. The molecule has 3 N–H and O–H groups in total. The zero-order chi connectivity index (χ0) is 12.1. The molecule has 88 valence electrons. The first-order valence-corrected chi connectivity index (χ1v) is 5.35. The SMILES string of the molecule is CCN(CC(N)C(=O)O)c1ccccc1C. The minimum atomic E-state index is -0.966. The molecule has 0 aromatic heterocycles. The largest absolute Gasteiger partial charge is 0.480 e. The second-order valence-electron chi connectivity index (χ2n) is 3.77. The van der Waals surface area contributed by atoms with E-state index in [9.17, 15) is 4.79 Å². The van der Waals surface area contributed by atoms with E-state index in [4.69, 9.17) is 10.8 Å². The van der Waals surface area contributed by atoms with Gasteiger partial charge in [-0.1, -0.05) is 18.2 Å². The maximum Gasteiger partial charge on any atom is 0.322 e. The number of benzene rings is 1. The van der Waals surface area contributed by atoms with Crippen LogP contribution in [0.2, 0.25) is 0 Å². The molecule has 0 heterocycles. The van der Waals surface area contributed by atoms with Gasteiger partial charge in [-0.3, -0.25) is 4.79 Å². The Morgan fingerprint density at radius 1 is 1.50 bits per heavy atom. The van der Waals surface area contributed by atoms with Crippen molar-refractivity contribution < 1.29 is 9.90 Å². The van der Waals surface area contributed by atoms with Gasteiger partial charge in [0.1, 0.15) is 6.04 Å². The third-order valence-corrected chi connectivity index (χ3v) is 2.57. The molecular formula is C12H18N2O2. The second-order valence-corrected chi connectivity index (χ2v) is 3.77. The van der Waals surface area contributed by atoms with Gasteiger partial charge in [-0.2, -0.15) is 0 Å². The van der Waals surface area contributed by atoms with Gasteiger partial charge in [-0.05, 0) is 25.5 Å². The van der Waals surface area contributed by atoms with E-state index >= 15 is 0 Å². The molecule has 0 fully saturated rings. The minimum Gasteiger partial charge on any atom is -0.480 e. The number of hydrogen-bond acceptors (Lipinski definition) is 3. The summed E-state index contributed by atoms with van der Waals surface area (Å²) in [4.78, 5) is 12.7. The van der Waals surface area contributed by atoms with Crippen molar-refractivity contribution in [2.24, 2.45) is 5.73 Å². The number of anilines is 1. The quantitative estimate of drug-likeness (QED) is 0.786. The molecule has 0 aliphatic carbocycles. The number of nitrogens with zero attached hydrogens (tertiary/aromatic N) is 1. The second kappa shape index (κ2) is 5.51. The van der Waals surface area contributed by atoms with E-state index in [0.717, 1.165) is 17.8 Å². The van der Waals surface area contributed by atoms with E-state index in [2.05, 4.69) is 0 Å². The lowest BCUT2D eigenvalue weighted by Gasteiger charge is -2.26. The van der Waals surface area contributed by atoms with Crippen molar-refractivity contribution in [2.75, 3.05) is 18.0 Å². The Hall–Kier alpha value is -1.55. The van der Waals surface area contributed by atoms with E-state index in [-0.39, 0.29) is 0 Å². The van der Waals surface area contributed by atoms with Crippen molar-refractivity contribution in [1.29, 1.82) is 0 Å². The molecule has 1 atom stereocenters. The molecule has 16 heavy (non-hydrogen) atoms. The normalized spacial score (nSPS) is 12.2. The Kier molecular flexibility index (Phi) is 4.31. The van der Waals surface area contributed by atoms with E-state index in [1.807, 2.05) is 43.0 Å². The van der Waals surface area contributed by atoms with Gasteiger partial charge in [0, 0.05) is 18.8 Å². The van der Waals surface area contributed by atoms with Gasteiger partial charge in [0.2, 0.25) is 0 Å². The third-order valence-electron chi connectivity index (χ3n) is 2.57. The van der Waals surface area contributed by atoms with Crippen molar-refractivity contribution in [1.82, 2.24) is 0 Å². The number of hydrogen-bond donors (Lipinski definition) is 2. The van der Waals surface area contributed by atoms with Crippen LogP contribution in [0.15, 0.2) is 24.3 Å². The summed E-state index contributed by atoms with van der Waals surface area (Å²) >= 11 is 0. The van der Waals surface area contributed by atoms with Gasteiger partial charge in [-0.25, -0.2) is 0 Å². The molecule has 1 aromatic carbocycles. The molecule has 1 unspecified atom stereocenters. The number of carboxylic acids is 1. The number of likely N-dealkylation sites (N-methyl/N-ethyl adjacent to an activating group) is 1. The van der Waals surface area contributed by atoms with Crippen LogP contribution in [0.25, 0.3) is 0 Å². The first-order valence-electron chi connectivity index (χ1n) is 5.35. The molecule has 0 aliphatic heterocycles. The predicted octanol–water partition coefficient (Wildman–Crippen LogP) is 1.23. The average Bonchev–Trinajstić information content (AvgIpc) is 2.26. The number of aliphatic carboxylic acids is 1. The summed E-state index contributed by atoms with van der Waals surface area (Å²) in [5.41, 5.74) is 7.71. The summed E-state index contributed by atoms with van der Waals surface area (Å²) in [5, 5.41) is 8.79. The van der Waals surface area contributed by atoms with E-state index in [1.54, 1.807) is 0 Å².